The van der Waals surface area contributed by atoms with E-state index in [1.54, 1.807) is 0 Å². The number of nitrogens with zero attached hydrogens (tertiary/aromatic N) is 3. The quantitative estimate of drug-likeness (QED) is 0.825. The highest BCUT2D eigenvalue weighted by Crippen LogP contribution is 2.35. The maximum absolute atomic E-state index is 12.6. The van der Waals surface area contributed by atoms with E-state index in [1.807, 2.05) is 11.8 Å². The summed E-state index contributed by atoms with van der Waals surface area (Å²) in [5.74, 6) is 2.16. The van der Waals surface area contributed by atoms with Crippen LogP contribution in [0.15, 0.2) is 4.52 Å². The summed E-state index contributed by atoms with van der Waals surface area (Å²) in [7, 11) is 0. The summed E-state index contributed by atoms with van der Waals surface area (Å²) in [5, 5.41) is 3.81. The molecule has 7 heteroatoms. The molecule has 3 fully saturated rings. The summed E-state index contributed by atoms with van der Waals surface area (Å²) in [5.41, 5.74) is 0. The second kappa shape index (κ2) is 6.20. The Morgan fingerprint density at radius 1 is 1.30 bits per heavy atom. The summed E-state index contributed by atoms with van der Waals surface area (Å²) in [6, 6.07) is 0. The predicted molar refractivity (Wildman–Crippen MR) is 79.6 cm³/mol. The van der Waals surface area contributed by atoms with Gasteiger partial charge in [-0.15, -0.1) is 0 Å². The third kappa shape index (κ3) is 3.12. The molecule has 0 saturated carbocycles. The molecule has 3 saturated heterocycles. The van der Waals surface area contributed by atoms with E-state index < -0.39 is 0 Å². The molecule has 3 aliphatic rings. The van der Waals surface area contributed by atoms with Gasteiger partial charge in [0.1, 0.15) is 0 Å². The van der Waals surface area contributed by atoms with Gasteiger partial charge in [0, 0.05) is 38.1 Å². The molecule has 23 heavy (non-hydrogen) atoms. The number of amides is 1. The van der Waals surface area contributed by atoms with Gasteiger partial charge in [0.25, 0.3) is 0 Å². The Morgan fingerprint density at radius 3 is 2.83 bits per heavy atom. The zero-order chi connectivity index (χ0) is 15.8. The van der Waals surface area contributed by atoms with Crippen molar-refractivity contribution in [2.45, 2.75) is 44.8 Å². The summed E-state index contributed by atoms with van der Waals surface area (Å²) < 4.78 is 16.6. The molecule has 3 atom stereocenters. The molecule has 0 radical (unpaired) electrons. The molecule has 0 bridgehead atoms. The number of fused-ring (bicyclic) bond motifs is 1. The average molecular weight is 321 g/mol. The Labute approximate surface area is 135 Å². The maximum Gasteiger partial charge on any atom is 0.229 e. The van der Waals surface area contributed by atoms with Crippen molar-refractivity contribution in [2.75, 3.05) is 26.3 Å². The van der Waals surface area contributed by atoms with E-state index in [-0.39, 0.29) is 24.0 Å². The highest BCUT2D eigenvalue weighted by molar-refractivity contribution is 5.79. The topological polar surface area (TPSA) is 77.7 Å². The summed E-state index contributed by atoms with van der Waals surface area (Å²) in [6.07, 6.45) is 3.62. The molecule has 4 rings (SSSR count). The van der Waals surface area contributed by atoms with E-state index in [0.29, 0.717) is 37.3 Å². The molecule has 1 amide bonds. The molecule has 0 aromatic carbocycles. The standard InChI is InChI=1S/C16H23N3O4/c1-10-17-15(23-18-10)7-13-6-12-8-19(9-14(12)22-13)16(20)11-2-4-21-5-3-11/h11-14H,2-9H2,1H3/t12-,13+,14+/m1/s1. The van der Waals surface area contributed by atoms with E-state index in [4.69, 9.17) is 14.0 Å². The number of likely N-dealkylation sites (tertiary alicyclic amines) is 1. The molecular weight excluding hydrogens is 298 g/mol. The van der Waals surface area contributed by atoms with E-state index in [0.717, 1.165) is 32.4 Å². The van der Waals surface area contributed by atoms with Crippen molar-refractivity contribution in [2.24, 2.45) is 11.8 Å². The molecular formula is C16H23N3O4. The van der Waals surface area contributed by atoms with Crippen LogP contribution in [0.5, 0.6) is 0 Å². The molecule has 0 aliphatic carbocycles. The monoisotopic (exact) mass is 321 g/mol. The third-order valence-electron chi connectivity index (χ3n) is 5.17. The minimum absolute atomic E-state index is 0.130. The largest absolute Gasteiger partial charge is 0.381 e. The van der Waals surface area contributed by atoms with Crippen LogP contribution in [0, 0.1) is 18.8 Å². The molecule has 1 aromatic heterocycles. The van der Waals surface area contributed by atoms with Gasteiger partial charge in [-0.05, 0) is 26.2 Å². The minimum atomic E-state index is 0.130. The van der Waals surface area contributed by atoms with Crippen LogP contribution in [0.4, 0.5) is 0 Å². The second-order valence-electron chi connectivity index (χ2n) is 6.86. The van der Waals surface area contributed by atoms with E-state index in [9.17, 15) is 4.79 Å². The van der Waals surface area contributed by atoms with Gasteiger partial charge in [0.2, 0.25) is 11.8 Å². The Bertz CT molecular complexity index is 555. The lowest BCUT2D eigenvalue weighted by atomic mass is 9.98. The number of aryl methyl sites for hydroxylation is 1. The van der Waals surface area contributed by atoms with E-state index >= 15 is 0 Å². The Hall–Kier alpha value is -1.47. The number of rotatable bonds is 3. The van der Waals surface area contributed by atoms with Crippen LogP contribution >= 0.6 is 0 Å². The maximum atomic E-state index is 12.6. The summed E-state index contributed by atoms with van der Waals surface area (Å²) >= 11 is 0. The molecule has 1 aromatic rings. The fraction of sp³-hybridized carbons (Fsp3) is 0.812. The third-order valence-corrected chi connectivity index (χ3v) is 5.17. The Balaban J connectivity index is 1.30. The highest BCUT2D eigenvalue weighted by Gasteiger charge is 2.44. The lowest BCUT2D eigenvalue weighted by molar-refractivity contribution is -0.138. The summed E-state index contributed by atoms with van der Waals surface area (Å²) in [4.78, 5) is 18.8. The average Bonchev–Trinajstić information content (AvgIpc) is 3.22. The first kappa shape index (κ1) is 15.1. The molecule has 0 unspecified atom stereocenters. The molecule has 3 aliphatic heterocycles. The molecule has 7 nitrogen and oxygen atoms in total. The first-order valence-corrected chi connectivity index (χ1v) is 8.50. The molecule has 4 heterocycles. The van der Waals surface area contributed by atoms with Gasteiger partial charge in [0.15, 0.2) is 5.82 Å². The fourth-order valence-corrected chi connectivity index (χ4v) is 3.99. The number of carbonyl (C=O) groups excluding carboxylic acids is 1. The number of carbonyl (C=O) groups is 1. The first-order valence-electron chi connectivity index (χ1n) is 8.50. The van der Waals surface area contributed by atoms with Gasteiger partial charge >= 0.3 is 0 Å². The normalized spacial score (nSPS) is 31.5. The van der Waals surface area contributed by atoms with Crippen molar-refractivity contribution < 1.29 is 18.8 Å². The van der Waals surface area contributed by atoms with Crippen molar-refractivity contribution in [3.63, 3.8) is 0 Å². The molecule has 126 valence electrons. The lowest BCUT2D eigenvalue weighted by Gasteiger charge is -2.27. The number of ether oxygens (including phenoxy) is 2. The number of hydrogen-bond acceptors (Lipinski definition) is 6. The first-order chi connectivity index (χ1) is 11.2. The number of aromatic nitrogens is 2. The van der Waals surface area contributed by atoms with Crippen molar-refractivity contribution in [1.82, 2.24) is 15.0 Å². The van der Waals surface area contributed by atoms with Gasteiger partial charge in [-0.3, -0.25) is 4.79 Å². The van der Waals surface area contributed by atoms with Crippen LogP contribution in [-0.4, -0.2) is 59.5 Å². The van der Waals surface area contributed by atoms with Crippen molar-refractivity contribution in [3.8, 4) is 0 Å². The van der Waals surface area contributed by atoms with Crippen LogP contribution in [-0.2, 0) is 20.7 Å². The van der Waals surface area contributed by atoms with Gasteiger partial charge < -0.3 is 18.9 Å². The smallest absolute Gasteiger partial charge is 0.229 e. The SMILES string of the molecule is Cc1noc(C[C@@H]2C[C@@H]3CN(C(=O)C4CCOCC4)C[C@@H]3O2)n1. The van der Waals surface area contributed by atoms with Crippen LogP contribution in [0.3, 0.4) is 0 Å². The van der Waals surface area contributed by atoms with Crippen LogP contribution in [0.25, 0.3) is 0 Å². The minimum Gasteiger partial charge on any atom is -0.381 e. The number of hydrogen-bond donors (Lipinski definition) is 0. The predicted octanol–water partition coefficient (Wildman–Crippen LogP) is 0.963. The fourth-order valence-electron chi connectivity index (χ4n) is 3.99. The van der Waals surface area contributed by atoms with Gasteiger partial charge in [0.05, 0.1) is 18.6 Å². The van der Waals surface area contributed by atoms with E-state index in [1.165, 1.54) is 0 Å². The van der Waals surface area contributed by atoms with Crippen LogP contribution < -0.4 is 0 Å². The van der Waals surface area contributed by atoms with Gasteiger partial charge in [-0.2, -0.15) is 4.98 Å². The second-order valence-corrected chi connectivity index (χ2v) is 6.86. The Kier molecular flexibility index (Phi) is 4.07. The van der Waals surface area contributed by atoms with Crippen LogP contribution in [0.1, 0.15) is 31.0 Å². The van der Waals surface area contributed by atoms with Crippen molar-refractivity contribution in [3.05, 3.63) is 11.7 Å². The lowest BCUT2D eigenvalue weighted by Crippen LogP contribution is -2.38. The molecule has 0 spiro atoms. The highest BCUT2D eigenvalue weighted by atomic mass is 16.5. The van der Waals surface area contributed by atoms with Gasteiger partial charge in [-0.25, -0.2) is 0 Å². The Morgan fingerprint density at radius 2 is 2.13 bits per heavy atom. The van der Waals surface area contributed by atoms with Crippen molar-refractivity contribution >= 4 is 5.91 Å². The van der Waals surface area contributed by atoms with Crippen molar-refractivity contribution in [1.29, 1.82) is 0 Å². The zero-order valence-corrected chi connectivity index (χ0v) is 13.4. The van der Waals surface area contributed by atoms with E-state index in [2.05, 4.69) is 10.1 Å². The zero-order valence-electron chi connectivity index (χ0n) is 13.4. The summed E-state index contributed by atoms with van der Waals surface area (Å²) in [6.45, 7) is 4.77. The van der Waals surface area contributed by atoms with Gasteiger partial charge in [-0.1, -0.05) is 5.16 Å². The molecule has 0 N–H and O–H groups in total. The van der Waals surface area contributed by atoms with Crippen LogP contribution in [0.2, 0.25) is 0 Å².